The number of nitrogens with one attached hydrogen (secondary N) is 2. The molecular formula is C19H19FN6O. The van der Waals surface area contributed by atoms with E-state index in [-0.39, 0.29) is 11.7 Å². The molecule has 1 aliphatic heterocycles. The number of benzene rings is 1. The van der Waals surface area contributed by atoms with Crippen LogP contribution in [0, 0.1) is 5.82 Å². The molecule has 0 spiro atoms. The van der Waals surface area contributed by atoms with Gasteiger partial charge >= 0.3 is 0 Å². The first-order valence-corrected chi connectivity index (χ1v) is 8.89. The molecule has 0 radical (unpaired) electrons. The molecule has 1 aromatic carbocycles. The first kappa shape index (κ1) is 17.1. The third-order valence-corrected chi connectivity index (χ3v) is 4.54. The average molecular weight is 366 g/mol. The van der Waals surface area contributed by atoms with Crippen molar-refractivity contribution in [2.45, 2.75) is 19.3 Å². The van der Waals surface area contributed by atoms with E-state index in [0.29, 0.717) is 17.2 Å². The molecule has 4 rings (SSSR count). The number of carbonyl (C=O) groups is 1. The fourth-order valence-electron chi connectivity index (χ4n) is 3.10. The summed E-state index contributed by atoms with van der Waals surface area (Å²) in [5.74, 6) is 0.588. The van der Waals surface area contributed by atoms with Crippen LogP contribution >= 0.6 is 0 Å². The van der Waals surface area contributed by atoms with Crippen LogP contribution < -0.4 is 10.2 Å². The van der Waals surface area contributed by atoms with Crippen LogP contribution in [0.4, 0.5) is 16.0 Å². The van der Waals surface area contributed by atoms with Gasteiger partial charge in [0, 0.05) is 24.7 Å². The van der Waals surface area contributed by atoms with Gasteiger partial charge in [-0.05, 0) is 49.6 Å². The van der Waals surface area contributed by atoms with Crippen LogP contribution in [0.2, 0.25) is 0 Å². The summed E-state index contributed by atoms with van der Waals surface area (Å²) in [5, 5.41) is 9.59. The highest BCUT2D eigenvalue weighted by molar-refractivity contribution is 6.03. The second kappa shape index (κ2) is 7.53. The molecule has 138 valence electrons. The summed E-state index contributed by atoms with van der Waals surface area (Å²) in [6.07, 6.45) is 4.98. The second-order valence-corrected chi connectivity index (χ2v) is 6.44. The Kier molecular flexibility index (Phi) is 4.78. The Labute approximate surface area is 155 Å². The molecule has 0 unspecified atom stereocenters. The van der Waals surface area contributed by atoms with Gasteiger partial charge in [0.2, 0.25) is 0 Å². The molecule has 1 fully saturated rings. The molecule has 2 N–H and O–H groups in total. The van der Waals surface area contributed by atoms with Gasteiger partial charge in [-0.25, -0.2) is 14.4 Å². The van der Waals surface area contributed by atoms with E-state index in [0.717, 1.165) is 37.3 Å². The zero-order chi connectivity index (χ0) is 18.6. The second-order valence-electron chi connectivity index (χ2n) is 6.44. The molecule has 3 aromatic rings. The van der Waals surface area contributed by atoms with Gasteiger partial charge in [-0.2, -0.15) is 5.10 Å². The molecule has 3 heterocycles. The van der Waals surface area contributed by atoms with Crippen molar-refractivity contribution in [1.29, 1.82) is 0 Å². The van der Waals surface area contributed by atoms with Crippen molar-refractivity contribution in [3.63, 3.8) is 0 Å². The first-order chi connectivity index (χ1) is 13.2. The van der Waals surface area contributed by atoms with Crippen molar-refractivity contribution in [2.24, 2.45) is 0 Å². The van der Waals surface area contributed by atoms with Gasteiger partial charge in [-0.1, -0.05) is 0 Å². The number of H-pyrrole nitrogens is 1. The quantitative estimate of drug-likeness (QED) is 0.740. The molecule has 2 aromatic heterocycles. The lowest BCUT2D eigenvalue weighted by Gasteiger charge is -2.27. The SMILES string of the molecule is O=C(Nc1cc(N2CCCCC2)ncn1)c1cc(-c2ccc(F)cc2)n[nH]1. The number of carbonyl (C=O) groups excluding carboxylic acids is 1. The zero-order valence-electron chi connectivity index (χ0n) is 14.7. The zero-order valence-corrected chi connectivity index (χ0v) is 14.7. The maximum Gasteiger partial charge on any atom is 0.274 e. The maximum absolute atomic E-state index is 13.0. The number of nitrogens with zero attached hydrogens (tertiary/aromatic N) is 4. The number of hydrogen-bond donors (Lipinski definition) is 2. The van der Waals surface area contributed by atoms with E-state index in [9.17, 15) is 9.18 Å². The van der Waals surface area contributed by atoms with Crippen LogP contribution in [0.25, 0.3) is 11.3 Å². The fraction of sp³-hybridized carbons (Fsp3) is 0.263. The van der Waals surface area contributed by atoms with E-state index in [1.165, 1.54) is 24.9 Å². The van der Waals surface area contributed by atoms with E-state index in [1.807, 2.05) is 0 Å². The Morgan fingerprint density at radius 2 is 1.85 bits per heavy atom. The van der Waals surface area contributed by atoms with Crippen LogP contribution in [0.3, 0.4) is 0 Å². The van der Waals surface area contributed by atoms with Crippen LogP contribution in [0.15, 0.2) is 42.7 Å². The summed E-state index contributed by atoms with van der Waals surface area (Å²) in [4.78, 5) is 23.1. The lowest BCUT2D eigenvalue weighted by Crippen LogP contribution is -2.30. The Balaban J connectivity index is 1.47. The van der Waals surface area contributed by atoms with E-state index in [2.05, 4.69) is 30.4 Å². The normalized spacial score (nSPS) is 14.2. The molecule has 0 atom stereocenters. The largest absolute Gasteiger partial charge is 0.356 e. The van der Waals surface area contributed by atoms with Gasteiger partial charge in [-0.15, -0.1) is 0 Å². The lowest BCUT2D eigenvalue weighted by atomic mass is 10.1. The number of rotatable bonds is 4. The topological polar surface area (TPSA) is 86.8 Å². The number of amides is 1. The molecule has 0 bridgehead atoms. The van der Waals surface area contributed by atoms with Crippen LogP contribution in [-0.4, -0.2) is 39.2 Å². The minimum absolute atomic E-state index is 0.299. The summed E-state index contributed by atoms with van der Waals surface area (Å²) in [5.41, 5.74) is 1.59. The maximum atomic E-state index is 13.0. The van der Waals surface area contributed by atoms with Crippen LogP contribution in [0.5, 0.6) is 0 Å². The lowest BCUT2D eigenvalue weighted by molar-refractivity contribution is 0.102. The third kappa shape index (κ3) is 3.94. The van der Waals surface area contributed by atoms with Crippen molar-refractivity contribution in [2.75, 3.05) is 23.3 Å². The minimum Gasteiger partial charge on any atom is -0.356 e. The average Bonchev–Trinajstić information content (AvgIpc) is 3.20. The Bertz CT molecular complexity index is 933. The highest BCUT2D eigenvalue weighted by Crippen LogP contribution is 2.21. The Morgan fingerprint density at radius 3 is 2.63 bits per heavy atom. The Morgan fingerprint density at radius 1 is 1.07 bits per heavy atom. The van der Waals surface area contributed by atoms with Crippen molar-refractivity contribution in [3.8, 4) is 11.3 Å². The number of aromatic amines is 1. The molecule has 0 aliphatic carbocycles. The highest BCUT2D eigenvalue weighted by atomic mass is 19.1. The minimum atomic E-state index is -0.348. The fourth-order valence-corrected chi connectivity index (χ4v) is 3.10. The highest BCUT2D eigenvalue weighted by Gasteiger charge is 2.15. The molecule has 7 nitrogen and oxygen atoms in total. The van der Waals surface area contributed by atoms with E-state index in [4.69, 9.17) is 0 Å². The molecular weight excluding hydrogens is 347 g/mol. The first-order valence-electron chi connectivity index (χ1n) is 8.89. The van der Waals surface area contributed by atoms with E-state index >= 15 is 0 Å². The summed E-state index contributed by atoms with van der Waals surface area (Å²) in [6, 6.07) is 9.33. The molecule has 27 heavy (non-hydrogen) atoms. The smallest absolute Gasteiger partial charge is 0.274 e. The van der Waals surface area contributed by atoms with Gasteiger partial charge in [0.25, 0.3) is 5.91 Å². The summed E-state index contributed by atoms with van der Waals surface area (Å²) < 4.78 is 13.0. The predicted molar refractivity (Wildman–Crippen MR) is 100 cm³/mol. The molecule has 8 heteroatoms. The van der Waals surface area contributed by atoms with Crippen molar-refractivity contribution in [1.82, 2.24) is 20.2 Å². The van der Waals surface area contributed by atoms with Crippen LogP contribution in [-0.2, 0) is 0 Å². The summed E-state index contributed by atoms with van der Waals surface area (Å²) in [6.45, 7) is 1.93. The Hall–Kier alpha value is -3.29. The monoisotopic (exact) mass is 366 g/mol. The van der Waals surface area contributed by atoms with Crippen molar-refractivity contribution in [3.05, 3.63) is 54.2 Å². The van der Waals surface area contributed by atoms with Gasteiger partial charge < -0.3 is 10.2 Å². The van der Waals surface area contributed by atoms with Crippen LogP contribution in [0.1, 0.15) is 29.8 Å². The third-order valence-electron chi connectivity index (χ3n) is 4.54. The number of hydrogen-bond acceptors (Lipinski definition) is 5. The summed E-state index contributed by atoms with van der Waals surface area (Å²) in [7, 11) is 0. The number of anilines is 2. The summed E-state index contributed by atoms with van der Waals surface area (Å²) >= 11 is 0. The number of aromatic nitrogens is 4. The number of piperidine rings is 1. The van der Waals surface area contributed by atoms with Gasteiger partial charge in [0.05, 0.1) is 5.69 Å². The number of halogens is 1. The van der Waals surface area contributed by atoms with E-state index < -0.39 is 0 Å². The molecule has 1 saturated heterocycles. The van der Waals surface area contributed by atoms with Gasteiger partial charge in [-0.3, -0.25) is 9.89 Å². The molecule has 0 saturated carbocycles. The molecule has 1 aliphatic rings. The van der Waals surface area contributed by atoms with E-state index in [1.54, 1.807) is 24.3 Å². The molecule has 1 amide bonds. The standard InChI is InChI=1S/C19H19FN6O/c20-14-6-4-13(5-7-14)15-10-16(25-24-15)19(27)23-17-11-18(22-12-21-17)26-8-2-1-3-9-26/h4-7,10-12H,1-3,8-9H2,(H,24,25)(H,21,22,23,27). The van der Waals surface area contributed by atoms with Gasteiger partial charge in [0.1, 0.15) is 29.5 Å². The van der Waals surface area contributed by atoms with Crippen molar-refractivity contribution >= 4 is 17.5 Å². The predicted octanol–water partition coefficient (Wildman–Crippen LogP) is 3.25. The van der Waals surface area contributed by atoms with Gasteiger partial charge in [0.15, 0.2) is 0 Å². The van der Waals surface area contributed by atoms with Crippen molar-refractivity contribution < 1.29 is 9.18 Å².